The maximum Gasteiger partial charge on any atom is 0.355 e. The molecule has 6 atom stereocenters. The van der Waals surface area contributed by atoms with E-state index in [4.69, 9.17) is 14.2 Å². The number of hydrogen-bond acceptors (Lipinski definition) is 4. The van der Waals surface area contributed by atoms with Gasteiger partial charge < -0.3 is 19.2 Å². The first-order chi connectivity index (χ1) is 13.3. The monoisotopic (exact) mass is 369 g/mol. The van der Waals surface area contributed by atoms with Crippen LogP contribution in [-0.4, -0.2) is 42.0 Å². The van der Waals surface area contributed by atoms with E-state index in [-0.39, 0.29) is 23.8 Å². The lowest BCUT2D eigenvalue weighted by molar-refractivity contribution is -0.0874. The lowest BCUT2D eigenvalue weighted by Crippen LogP contribution is -2.45. The van der Waals surface area contributed by atoms with Crippen LogP contribution in [0.2, 0.25) is 0 Å². The minimum atomic E-state index is -0.287. The molecule has 6 unspecified atom stereocenters. The Kier molecular flexibility index (Phi) is 4.44. The summed E-state index contributed by atoms with van der Waals surface area (Å²) in [7, 11) is 0. The molecule has 1 saturated heterocycles. The van der Waals surface area contributed by atoms with E-state index in [0.717, 1.165) is 45.3 Å². The highest BCUT2D eigenvalue weighted by atomic mass is 16.6. The van der Waals surface area contributed by atoms with Crippen molar-refractivity contribution < 1.29 is 19.0 Å². The number of esters is 1. The lowest BCUT2D eigenvalue weighted by Gasteiger charge is -2.42. The van der Waals surface area contributed by atoms with Crippen LogP contribution in [0.5, 0.6) is 0 Å². The number of nitrogens with one attached hydrogen (secondary N) is 1. The lowest BCUT2D eigenvalue weighted by atomic mass is 9.63. The van der Waals surface area contributed by atoms with Gasteiger partial charge in [0, 0.05) is 30.6 Å². The zero-order valence-electron chi connectivity index (χ0n) is 15.5. The number of rotatable bonds is 2. The van der Waals surface area contributed by atoms with Gasteiger partial charge in [-0.05, 0) is 44.2 Å². The third-order valence-corrected chi connectivity index (χ3v) is 6.72. The minimum absolute atomic E-state index is 0.0484. The van der Waals surface area contributed by atoms with Gasteiger partial charge in [0.2, 0.25) is 0 Å². The SMILES string of the molecule is O=C(OC1CCC2C3C=CC4CCCOCCC=CC42OC13)c1ccc[nH]1. The normalized spacial score (nSPS) is 40.4. The van der Waals surface area contributed by atoms with E-state index in [1.807, 2.05) is 6.07 Å². The second kappa shape index (κ2) is 6.95. The van der Waals surface area contributed by atoms with Gasteiger partial charge in [0.05, 0.1) is 12.2 Å². The summed E-state index contributed by atoms with van der Waals surface area (Å²) < 4.78 is 18.3. The van der Waals surface area contributed by atoms with Crippen LogP contribution in [0, 0.1) is 17.8 Å². The van der Waals surface area contributed by atoms with Crippen LogP contribution >= 0.6 is 0 Å². The Labute approximate surface area is 159 Å². The second-order valence-electron chi connectivity index (χ2n) is 8.16. The highest BCUT2D eigenvalue weighted by molar-refractivity contribution is 5.87. The second-order valence-corrected chi connectivity index (χ2v) is 8.16. The fraction of sp³-hybridized carbons (Fsp3) is 0.591. The van der Waals surface area contributed by atoms with Gasteiger partial charge >= 0.3 is 5.97 Å². The predicted molar refractivity (Wildman–Crippen MR) is 100 cm³/mol. The van der Waals surface area contributed by atoms with Crippen LogP contribution in [0.1, 0.15) is 42.6 Å². The molecule has 2 aliphatic carbocycles. The van der Waals surface area contributed by atoms with Gasteiger partial charge in [-0.2, -0.15) is 0 Å². The first-order valence-corrected chi connectivity index (χ1v) is 10.2. The molecule has 1 N–H and O–H groups in total. The molecule has 3 heterocycles. The van der Waals surface area contributed by atoms with Crippen LogP contribution in [-0.2, 0) is 14.2 Å². The first kappa shape index (κ1) is 17.3. The third kappa shape index (κ3) is 2.88. The van der Waals surface area contributed by atoms with Crippen molar-refractivity contribution in [2.24, 2.45) is 17.8 Å². The summed E-state index contributed by atoms with van der Waals surface area (Å²) in [6.45, 7) is 1.60. The molecule has 1 saturated carbocycles. The Balaban J connectivity index is 1.40. The van der Waals surface area contributed by atoms with Gasteiger partial charge in [0.1, 0.15) is 17.9 Å². The van der Waals surface area contributed by atoms with Crippen molar-refractivity contribution in [1.82, 2.24) is 4.98 Å². The number of H-pyrrole nitrogens is 1. The molecule has 27 heavy (non-hydrogen) atoms. The van der Waals surface area contributed by atoms with E-state index in [1.54, 1.807) is 12.3 Å². The molecule has 1 aromatic heterocycles. The molecule has 2 aliphatic heterocycles. The summed E-state index contributed by atoms with van der Waals surface area (Å²) >= 11 is 0. The number of aromatic amines is 1. The summed E-state index contributed by atoms with van der Waals surface area (Å²) in [5.41, 5.74) is 0.262. The van der Waals surface area contributed by atoms with Gasteiger partial charge in [-0.1, -0.05) is 24.3 Å². The van der Waals surface area contributed by atoms with E-state index in [2.05, 4.69) is 29.3 Å². The first-order valence-electron chi connectivity index (χ1n) is 10.2. The van der Waals surface area contributed by atoms with E-state index in [0.29, 0.717) is 23.4 Å². The van der Waals surface area contributed by atoms with Gasteiger partial charge in [-0.15, -0.1) is 0 Å². The number of carbonyl (C=O) groups excluding carboxylic acids is 1. The third-order valence-electron chi connectivity index (χ3n) is 6.72. The average molecular weight is 369 g/mol. The molecular formula is C22H27NO4. The molecule has 1 spiro atoms. The van der Waals surface area contributed by atoms with Crippen molar-refractivity contribution in [1.29, 1.82) is 0 Å². The fourth-order valence-corrected chi connectivity index (χ4v) is 5.52. The average Bonchev–Trinajstić information content (AvgIpc) is 3.24. The summed E-state index contributed by atoms with van der Waals surface area (Å²) in [5.74, 6) is 0.902. The molecule has 2 fully saturated rings. The van der Waals surface area contributed by atoms with Crippen molar-refractivity contribution >= 4 is 5.97 Å². The quantitative estimate of drug-likeness (QED) is 0.639. The van der Waals surface area contributed by atoms with E-state index >= 15 is 0 Å². The Bertz CT molecular complexity index is 740. The maximum absolute atomic E-state index is 12.5. The van der Waals surface area contributed by atoms with Crippen molar-refractivity contribution in [2.45, 2.75) is 49.9 Å². The van der Waals surface area contributed by atoms with Gasteiger partial charge in [-0.3, -0.25) is 0 Å². The molecular weight excluding hydrogens is 342 g/mol. The molecule has 5 rings (SSSR count). The highest BCUT2D eigenvalue weighted by Crippen LogP contribution is 2.57. The summed E-state index contributed by atoms with van der Waals surface area (Å²) in [6.07, 6.45) is 15.7. The Morgan fingerprint density at radius 1 is 1.22 bits per heavy atom. The number of carbonyl (C=O) groups is 1. The number of hydrogen-bond donors (Lipinski definition) is 1. The van der Waals surface area contributed by atoms with E-state index in [9.17, 15) is 4.79 Å². The summed E-state index contributed by atoms with van der Waals surface area (Å²) in [6, 6.07) is 3.57. The zero-order chi connectivity index (χ0) is 18.3. The van der Waals surface area contributed by atoms with Crippen LogP contribution in [0.3, 0.4) is 0 Å². The zero-order valence-corrected chi connectivity index (χ0v) is 15.5. The Hall–Kier alpha value is -1.85. The van der Waals surface area contributed by atoms with Crippen molar-refractivity contribution in [2.75, 3.05) is 13.2 Å². The molecule has 0 radical (unpaired) electrons. The predicted octanol–water partition coefficient (Wildman–Crippen LogP) is 3.65. The van der Waals surface area contributed by atoms with Crippen molar-refractivity contribution in [3.8, 4) is 0 Å². The van der Waals surface area contributed by atoms with E-state index in [1.165, 1.54) is 0 Å². The van der Waals surface area contributed by atoms with Crippen LogP contribution < -0.4 is 0 Å². The standard InChI is InChI=1S/C22H27NO4/c24-21(18-6-3-12-23-18)26-19-10-9-17-16-8-7-15-5-4-14-25-13-2-1-11-22(15,17)27-20(16)19/h1,3,6-8,11-12,15-17,19-20,23H,2,4-5,9-10,13-14H2. The molecule has 5 heteroatoms. The molecule has 144 valence electrons. The largest absolute Gasteiger partial charge is 0.455 e. The number of ether oxygens (including phenoxy) is 3. The molecule has 4 aliphatic rings. The minimum Gasteiger partial charge on any atom is -0.455 e. The van der Waals surface area contributed by atoms with Crippen LogP contribution in [0.4, 0.5) is 0 Å². The van der Waals surface area contributed by atoms with Crippen molar-refractivity contribution in [3.63, 3.8) is 0 Å². The molecule has 0 amide bonds. The van der Waals surface area contributed by atoms with Gasteiger partial charge in [0.25, 0.3) is 0 Å². The Morgan fingerprint density at radius 3 is 3.07 bits per heavy atom. The molecule has 4 bridgehead atoms. The summed E-state index contributed by atoms with van der Waals surface area (Å²) in [5, 5.41) is 0. The fourth-order valence-electron chi connectivity index (χ4n) is 5.52. The number of aromatic nitrogens is 1. The summed E-state index contributed by atoms with van der Waals surface area (Å²) in [4.78, 5) is 15.4. The van der Waals surface area contributed by atoms with Crippen molar-refractivity contribution in [3.05, 3.63) is 48.3 Å². The van der Waals surface area contributed by atoms with Crippen LogP contribution in [0.25, 0.3) is 0 Å². The Morgan fingerprint density at radius 2 is 2.19 bits per heavy atom. The van der Waals surface area contributed by atoms with E-state index < -0.39 is 0 Å². The van der Waals surface area contributed by atoms with Gasteiger partial charge in [0.15, 0.2) is 0 Å². The maximum atomic E-state index is 12.5. The molecule has 0 aromatic carbocycles. The van der Waals surface area contributed by atoms with Crippen LogP contribution in [0.15, 0.2) is 42.6 Å². The topological polar surface area (TPSA) is 60.6 Å². The molecule has 5 nitrogen and oxygen atoms in total. The molecule has 1 aromatic rings. The van der Waals surface area contributed by atoms with Gasteiger partial charge in [-0.25, -0.2) is 4.79 Å². The smallest absolute Gasteiger partial charge is 0.355 e. The highest BCUT2D eigenvalue weighted by Gasteiger charge is 2.62.